The number of piperidine rings is 1. The number of anilines is 1. The highest BCUT2D eigenvalue weighted by molar-refractivity contribution is 6.06. The van der Waals surface area contributed by atoms with Gasteiger partial charge in [-0.15, -0.1) is 0 Å². The summed E-state index contributed by atoms with van der Waals surface area (Å²) >= 11 is 0. The molecule has 0 saturated carbocycles. The Bertz CT molecular complexity index is 2250. The third kappa shape index (κ3) is 5.60. The Hall–Kier alpha value is -6.18. The van der Waals surface area contributed by atoms with Gasteiger partial charge in [-0.2, -0.15) is 5.10 Å². The second kappa shape index (κ2) is 12.1. The van der Waals surface area contributed by atoms with Crippen molar-refractivity contribution in [2.24, 2.45) is 0 Å². The number of fused-ring (bicyclic) bond motifs is 2. The van der Waals surface area contributed by atoms with Gasteiger partial charge in [0.2, 0.25) is 17.7 Å². The lowest BCUT2D eigenvalue weighted by molar-refractivity contribution is -0.137. The first-order valence-corrected chi connectivity index (χ1v) is 15.9. The molecular weight excluding hydrogens is 630 g/mol. The molecule has 14 nitrogen and oxygen atoms in total. The minimum atomic E-state index is -0.750. The number of aromatic amines is 1. The Morgan fingerprint density at radius 1 is 1.02 bits per heavy atom. The summed E-state index contributed by atoms with van der Waals surface area (Å²) in [6, 6.07) is 14.4. The first-order chi connectivity index (χ1) is 23.5. The fraction of sp³-hybridized carbons (Fsp3) is 0.257. The van der Waals surface area contributed by atoms with E-state index in [1.165, 1.54) is 15.5 Å². The van der Waals surface area contributed by atoms with Crippen LogP contribution in [0.5, 0.6) is 11.5 Å². The topological polar surface area (TPSA) is 192 Å². The van der Waals surface area contributed by atoms with Crippen LogP contribution in [0.4, 0.5) is 5.69 Å². The Kier molecular flexibility index (Phi) is 7.77. The highest BCUT2D eigenvalue weighted by atomic mass is 16.3. The van der Waals surface area contributed by atoms with Crippen molar-refractivity contribution < 1.29 is 29.4 Å². The standard InChI is InChI=1S/C35H33N7O7/c1-18(2)22-15-23(29(44)16-28(22)43)32-38-39-35(49)42(32)20-6-7-26-19(14-20)10-12-40(26)13-11-31(46)36-25-5-3-4-21-24(25)17-41(34(21)48)27-8-9-30(45)37-33(27)47/h3-7,10,12,14-16,18,27,43-44H,8-9,11,13,17H2,1-2H3,(H,36,46)(H,39,49)(H,37,45,47). The second-order valence-corrected chi connectivity index (χ2v) is 12.6. The Morgan fingerprint density at radius 3 is 2.61 bits per heavy atom. The van der Waals surface area contributed by atoms with Crippen LogP contribution in [-0.2, 0) is 27.5 Å². The third-order valence-corrected chi connectivity index (χ3v) is 9.13. The van der Waals surface area contributed by atoms with Crippen molar-refractivity contribution in [3.63, 3.8) is 0 Å². The molecule has 0 spiro atoms. The summed E-state index contributed by atoms with van der Waals surface area (Å²) in [7, 11) is 0. The summed E-state index contributed by atoms with van der Waals surface area (Å²) in [4.78, 5) is 64.6. The molecule has 2 aliphatic heterocycles. The molecule has 7 rings (SSSR count). The van der Waals surface area contributed by atoms with Gasteiger partial charge in [-0.25, -0.2) is 14.5 Å². The van der Waals surface area contributed by atoms with Crippen LogP contribution in [0.1, 0.15) is 60.5 Å². The molecule has 0 bridgehead atoms. The predicted octanol–water partition coefficient (Wildman–Crippen LogP) is 3.51. The average molecular weight is 664 g/mol. The molecular formula is C35H33N7O7. The number of benzene rings is 3. The maximum Gasteiger partial charge on any atom is 0.348 e. The molecule has 3 aromatic carbocycles. The molecule has 1 saturated heterocycles. The van der Waals surface area contributed by atoms with E-state index in [0.29, 0.717) is 40.2 Å². The molecule has 5 aromatic rings. The van der Waals surface area contributed by atoms with Gasteiger partial charge in [0.05, 0.1) is 11.3 Å². The number of hydrogen-bond acceptors (Lipinski definition) is 8. The number of aryl methyl sites for hydroxylation is 1. The van der Waals surface area contributed by atoms with Crippen LogP contribution >= 0.6 is 0 Å². The number of aromatic hydroxyl groups is 2. The SMILES string of the molecule is CC(C)c1cc(-c2n[nH]c(=O)n2-c2ccc3c(ccn3CCC(=O)Nc3cccc4c3CN(C3CCC(=O)NC3=O)C4=O)c2)c(O)cc1O. The van der Waals surface area contributed by atoms with Gasteiger partial charge < -0.3 is 25.0 Å². The lowest BCUT2D eigenvalue weighted by atomic mass is 9.98. The number of hydrogen-bond donors (Lipinski definition) is 5. The molecule has 4 heterocycles. The van der Waals surface area contributed by atoms with E-state index >= 15 is 0 Å². The van der Waals surface area contributed by atoms with E-state index in [9.17, 15) is 34.2 Å². The number of imide groups is 1. The quantitative estimate of drug-likeness (QED) is 0.156. The molecule has 1 atom stereocenters. The van der Waals surface area contributed by atoms with Crippen LogP contribution in [-0.4, -0.2) is 64.1 Å². The van der Waals surface area contributed by atoms with Gasteiger partial charge in [0, 0.05) is 65.9 Å². The van der Waals surface area contributed by atoms with Gasteiger partial charge in [-0.3, -0.25) is 24.5 Å². The van der Waals surface area contributed by atoms with E-state index in [1.807, 2.05) is 42.8 Å². The largest absolute Gasteiger partial charge is 0.508 e. The van der Waals surface area contributed by atoms with Crippen molar-refractivity contribution in [2.75, 3.05) is 5.32 Å². The molecule has 2 aliphatic rings. The van der Waals surface area contributed by atoms with Gasteiger partial charge in [-0.05, 0) is 60.4 Å². The molecule has 250 valence electrons. The van der Waals surface area contributed by atoms with E-state index in [-0.39, 0.29) is 66.8 Å². The fourth-order valence-corrected chi connectivity index (χ4v) is 6.61. The second-order valence-electron chi connectivity index (χ2n) is 12.6. The molecule has 5 N–H and O–H groups in total. The number of rotatable bonds is 8. The molecule has 0 radical (unpaired) electrons. The predicted molar refractivity (Wildman–Crippen MR) is 178 cm³/mol. The van der Waals surface area contributed by atoms with Gasteiger partial charge in [-0.1, -0.05) is 19.9 Å². The van der Waals surface area contributed by atoms with E-state index < -0.39 is 17.6 Å². The molecule has 4 amide bonds. The summed E-state index contributed by atoms with van der Waals surface area (Å²) in [6.45, 7) is 4.31. The number of phenolic OH excluding ortho intramolecular Hbond substituents is 2. The monoisotopic (exact) mass is 663 g/mol. The lowest BCUT2D eigenvalue weighted by Crippen LogP contribution is -2.52. The smallest absolute Gasteiger partial charge is 0.348 e. The number of amides is 4. The highest BCUT2D eigenvalue weighted by Crippen LogP contribution is 2.38. The minimum Gasteiger partial charge on any atom is -0.508 e. The van der Waals surface area contributed by atoms with Crippen LogP contribution < -0.4 is 16.3 Å². The minimum absolute atomic E-state index is 0.0373. The first-order valence-electron chi connectivity index (χ1n) is 15.9. The summed E-state index contributed by atoms with van der Waals surface area (Å²) in [5.74, 6) is -1.54. The van der Waals surface area contributed by atoms with Crippen molar-refractivity contribution in [1.29, 1.82) is 0 Å². The highest BCUT2D eigenvalue weighted by Gasteiger charge is 2.40. The summed E-state index contributed by atoms with van der Waals surface area (Å²) < 4.78 is 3.27. The molecule has 49 heavy (non-hydrogen) atoms. The first kappa shape index (κ1) is 31.4. The van der Waals surface area contributed by atoms with Crippen molar-refractivity contribution in [3.8, 4) is 28.6 Å². The van der Waals surface area contributed by atoms with Crippen molar-refractivity contribution in [1.82, 2.24) is 29.5 Å². The number of carbonyl (C=O) groups is 4. The van der Waals surface area contributed by atoms with Crippen LogP contribution in [0.15, 0.2) is 65.6 Å². The van der Waals surface area contributed by atoms with Gasteiger partial charge in [0.15, 0.2) is 5.82 Å². The van der Waals surface area contributed by atoms with E-state index in [1.54, 1.807) is 30.3 Å². The van der Waals surface area contributed by atoms with Crippen LogP contribution in [0.3, 0.4) is 0 Å². The maximum atomic E-state index is 13.1. The zero-order chi connectivity index (χ0) is 34.6. The van der Waals surface area contributed by atoms with Crippen LogP contribution in [0, 0.1) is 0 Å². The van der Waals surface area contributed by atoms with Gasteiger partial charge >= 0.3 is 5.69 Å². The number of aromatic nitrogens is 4. The lowest BCUT2D eigenvalue weighted by Gasteiger charge is -2.29. The molecule has 1 unspecified atom stereocenters. The Balaban J connectivity index is 1.07. The fourth-order valence-electron chi connectivity index (χ4n) is 6.61. The van der Waals surface area contributed by atoms with Crippen molar-refractivity contribution >= 4 is 40.2 Å². The molecule has 2 aromatic heterocycles. The van der Waals surface area contributed by atoms with E-state index in [2.05, 4.69) is 20.8 Å². The van der Waals surface area contributed by atoms with Gasteiger partial charge in [0.25, 0.3) is 5.91 Å². The van der Waals surface area contributed by atoms with Crippen molar-refractivity contribution in [3.05, 3.63) is 88.0 Å². The van der Waals surface area contributed by atoms with Crippen LogP contribution in [0.2, 0.25) is 0 Å². The Labute approximate surface area is 279 Å². The zero-order valence-corrected chi connectivity index (χ0v) is 26.7. The average Bonchev–Trinajstić information content (AvgIpc) is 3.75. The molecule has 14 heteroatoms. The zero-order valence-electron chi connectivity index (χ0n) is 26.7. The number of nitrogens with zero attached hydrogens (tertiary/aromatic N) is 4. The summed E-state index contributed by atoms with van der Waals surface area (Å²) in [6.07, 6.45) is 2.38. The summed E-state index contributed by atoms with van der Waals surface area (Å²) in [5, 5.41) is 33.6. The van der Waals surface area contributed by atoms with Crippen molar-refractivity contribution in [2.45, 2.75) is 58.2 Å². The number of H-pyrrole nitrogens is 1. The van der Waals surface area contributed by atoms with E-state index in [4.69, 9.17) is 0 Å². The molecule has 0 aliphatic carbocycles. The molecule has 1 fully saturated rings. The number of carbonyl (C=O) groups excluding carboxylic acids is 4. The van der Waals surface area contributed by atoms with Gasteiger partial charge in [0.1, 0.15) is 17.5 Å². The van der Waals surface area contributed by atoms with E-state index in [0.717, 1.165) is 10.9 Å². The number of phenols is 2. The normalized spacial score (nSPS) is 16.0. The number of nitrogens with one attached hydrogen (secondary N) is 3. The Morgan fingerprint density at radius 2 is 1.84 bits per heavy atom. The third-order valence-electron chi connectivity index (χ3n) is 9.13. The summed E-state index contributed by atoms with van der Waals surface area (Å²) in [5.41, 5.74) is 3.26. The van der Waals surface area contributed by atoms with Crippen LogP contribution in [0.25, 0.3) is 28.0 Å². The maximum absolute atomic E-state index is 13.1.